The number of hydrogen-bond donors (Lipinski definition) is 0. The van der Waals surface area contributed by atoms with Gasteiger partial charge in [-0.1, -0.05) is 25.5 Å². The molecule has 0 bridgehead atoms. The normalized spacial score (nSPS) is 10.9. The molecule has 0 unspecified atom stereocenters. The molecule has 0 saturated heterocycles. The van der Waals surface area contributed by atoms with E-state index in [1.807, 2.05) is 6.92 Å². The molecule has 0 atom stereocenters. The number of halogens is 3. The molecule has 1 rings (SSSR count). The van der Waals surface area contributed by atoms with Crippen molar-refractivity contribution < 1.29 is 69.1 Å². The molecule has 0 amide bonds. The third-order valence-electron chi connectivity index (χ3n) is 2.33. The second-order valence-electron chi connectivity index (χ2n) is 3.80. The Kier molecular flexibility index (Phi) is 8.08. The van der Waals surface area contributed by atoms with Gasteiger partial charge in [-0.3, -0.25) is 0 Å². The number of rotatable bonds is 5. The van der Waals surface area contributed by atoms with E-state index in [0.717, 1.165) is 25.0 Å². The van der Waals surface area contributed by atoms with Gasteiger partial charge in [0.25, 0.3) is 0 Å². The van der Waals surface area contributed by atoms with Gasteiger partial charge in [0, 0.05) is 0 Å². The molecule has 1 aromatic carbocycles. The molecule has 17 heavy (non-hydrogen) atoms. The average molecular weight is 270 g/mol. The van der Waals surface area contributed by atoms with Crippen LogP contribution in [-0.2, 0) is 0 Å². The van der Waals surface area contributed by atoms with Gasteiger partial charge in [-0.2, -0.15) is 0 Å². The van der Waals surface area contributed by atoms with Crippen molar-refractivity contribution in [2.75, 3.05) is 6.61 Å². The summed E-state index contributed by atoms with van der Waals surface area (Å²) in [5.74, 6) is 0.539. The third-order valence-corrected chi connectivity index (χ3v) is 2.33. The predicted molar refractivity (Wildman–Crippen MR) is 60.3 cm³/mol. The van der Waals surface area contributed by atoms with Crippen LogP contribution in [0.5, 0.6) is 5.75 Å². The predicted octanol–water partition coefficient (Wildman–Crippen LogP) is 0.232. The summed E-state index contributed by atoms with van der Waals surface area (Å²) in [5, 5.41) is 0. The van der Waals surface area contributed by atoms with Gasteiger partial charge in [-0.05, 0) is 25.0 Å². The van der Waals surface area contributed by atoms with E-state index in [9.17, 15) is 12.9 Å². The van der Waals surface area contributed by atoms with E-state index in [0.29, 0.717) is 17.9 Å². The van der Waals surface area contributed by atoms with Crippen LogP contribution in [0.25, 0.3) is 0 Å². The van der Waals surface area contributed by atoms with Crippen molar-refractivity contribution in [2.45, 2.75) is 26.7 Å². The fourth-order valence-corrected chi connectivity index (χ4v) is 1.36. The largest absolute Gasteiger partial charge is 1.00 e. The first-order valence-electron chi connectivity index (χ1n) is 5.38. The smallest absolute Gasteiger partial charge is 0.493 e. The van der Waals surface area contributed by atoms with Gasteiger partial charge < -0.3 is 17.7 Å². The van der Waals surface area contributed by atoms with Crippen molar-refractivity contribution in [1.29, 1.82) is 0 Å². The third kappa shape index (κ3) is 5.79. The molecule has 0 fully saturated rings. The minimum absolute atomic E-state index is 0. The zero-order chi connectivity index (χ0) is 12.2. The van der Waals surface area contributed by atoms with Crippen molar-refractivity contribution in [3.8, 4) is 5.75 Å². The van der Waals surface area contributed by atoms with Gasteiger partial charge in [-0.25, -0.2) is 0 Å². The van der Waals surface area contributed by atoms with E-state index >= 15 is 0 Å². The van der Waals surface area contributed by atoms with Crippen LogP contribution in [-0.4, -0.2) is 13.6 Å². The minimum Gasteiger partial charge on any atom is -0.493 e. The van der Waals surface area contributed by atoms with Crippen molar-refractivity contribution in [3.63, 3.8) is 0 Å². The SMILES string of the molecule is CCCCOc1ccc([B-](F)(F)F)cc1C.[K+]. The number of unbranched alkanes of at least 4 members (excludes halogenated alkanes) is 1. The van der Waals surface area contributed by atoms with Crippen molar-refractivity contribution in [1.82, 2.24) is 0 Å². The molecular weight excluding hydrogens is 255 g/mol. The van der Waals surface area contributed by atoms with Crippen LogP contribution in [0.15, 0.2) is 18.2 Å². The fourth-order valence-electron chi connectivity index (χ4n) is 1.36. The topological polar surface area (TPSA) is 9.23 Å². The van der Waals surface area contributed by atoms with E-state index in [4.69, 9.17) is 4.74 Å². The van der Waals surface area contributed by atoms with Gasteiger partial charge in [0.2, 0.25) is 0 Å². The first-order chi connectivity index (χ1) is 7.45. The maximum atomic E-state index is 12.4. The average Bonchev–Trinajstić information content (AvgIpc) is 2.19. The molecule has 0 N–H and O–H groups in total. The molecule has 6 heteroatoms. The summed E-state index contributed by atoms with van der Waals surface area (Å²) in [6, 6.07) is 3.62. The Labute approximate surface area is 143 Å². The van der Waals surface area contributed by atoms with Crippen LogP contribution < -0.4 is 61.6 Å². The van der Waals surface area contributed by atoms with Gasteiger partial charge in [0.15, 0.2) is 0 Å². The van der Waals surface area contributed by atoms with Gasteiger partial charge in [-0.15, -0.1) is 5.46 Å². The van der Waals surface area contributed by atoms with E-state index in [2.05, 4.69) is 0 Å². The van der Waals surface area contributed by atoms with Crippen molar-refractivity contribution in [3.05, 3.63) is 23.8 Å². The second-order valence-corrected chi connectivity index (χ2v) is 3.80. The quantitative estimate of drug-likeness (QED) is 0.550. The molecule has 0 radical (unpaired) electrons. The molecule has 0 aliphatic heterocycles. The molecule has 0 saturated carbocycles. The number of ether oxygens (including phenoxy) is 1. The van der Waals surface area contributed by atoms with Crippen LogP contribution in [0.1, 0.15) is 25.3 Å². The second kappa shape index (κ2) is 7.84. The Bertz CT molecular complexity index is 355. The number of hydrogen-bond acceptors (Lipinski definition) is 1. The Hall–Kier alpha value is 0.511. The van der Waals surface area contributed by atoms with Gasteiger partial charge in [0.1, 0.15) is 5.75 Å². The summed E-state index contributed by atoms with van der Waals surface area (Å²) in [6.45, 7) is -0.699. The standard InChI is InChI=1S/C11H15BF3O.K/c1-3-4-7-16-11-6-5-10(8-9(11)2)12(13,14)15;/h5-6,8H,3-4,7H2,1-2H3;/q-1;+1. The number of aryl methyl sites for hydroxylation is 1. The zero-order valence-electron chi connectivity index (χ0n) is 10.5. The molecule has 0 aromatic heterocycles. The molecule has 0 spiro atoms. The van der Waals surface area contributed by atoms with E-state index < -0.39 is 12.4 Å². The summed E-state index contributed by atoms with van der Waals surface area (Å²) in [6.07, 6.45) is 1.91. The summed E-state index contributed by atoms with van der Waals surface area (Å²) in [7, 11) is 0. The maximum Gasteiger partial charge on any atom is 1.00 e. The Morgan fingerprint density at radius 2 is 1.88 bits per heavy atom. The van der Waals surface area contributed by atoms with Crippen molar-refractivity contribution in [2.24, 2.45) is 0 Å². The van der Waals surface area contributed by atoms with Crippen molar-refractivity contribution >= 4 is 12.4 Å². The zero-order valence-corrected chi connectivity index (χ0v) is 13.6. The van der Waals surface area contributed by atoms with Crippen LogP contribution in [0.3, 0.4) is 0 Å². The fraction of sp³-hybridized carbons (Fsp3) is 0.455. The molecule has 90 valence electrons. The van der Waals surface area contributed by atoms with Gasteiger partial charge >= 0.3 is 58.4 Å². The first-order valence-corrected chi connectivity index (χ1v) is 5.38. The minimum atomic E-state index is -4.91. The Balaban J connectivity index is 0.00000256. The van der Waals surface area contributed by atoms with Gasteiger partial charge in [0.05, 0.1) is 6.61 Å². The van der Waals surface area contributed by atoms with E-state index in [1.54, 1.807) is 6.92 Å². The van der Waals surface area contributed by atoms with Crippen LogP contribution in [0, 0.1) is 6.92 Å². The molecule has 1 aromatic rings. The summed E-state index contributed by atoms with van der Waals surface area (Å²) < 4.78 is 42.7. The molecule has 0 aliphatic rings. The van der Waals surface area contributed by atoms with Crippen LogP contribution >= 0.6 is 0 Å². The Morgan fingerprint density at radius 1 is 1.24 bits per heavy atom. The van der Waals surface area contributed by atoms with Crippen LogP contribution in [0.2, 0.25) is 0 Å². The summed E-state index contributed by atoms with van der Waals surface area (Å²) in [4.78, 5) is 0. The van der Waals surface area contributed by atoms with Crippen LogP contribution in [0.4, 0.5) is 12.9 Å². The summed E-state index contributed by atoms with van der Waals surface area (Å²) in [5.41, 5.74) is -0.0341. The maximum absolute atomic E-state index is 12.4. The molecule has 0 aliphatic carbocycles. The number of benzene rings is 1. The molecular formula is C11H15BF3KO. The van der Waals surface area contributed by atoms with E-state index in [-0.39, 0.29) is 51.4 Å². The Morgan fingerprint density at radius 3 is 2.35 bits per heavy atom. The molecule has 1 nitrogen and oxygen atoms in total. The first kappa shape index (κ1) is 17.5. The van der Waals surface area contributed by atoms with E-state index in [1.165, 1.54) is 6.07 Å². The monoisotopic (exact) mass is 270 g/mol. The molecule has 0 heterocycles. The summed E-state index contributed by atoms with van der Waals surface area (Å²) >= 11 is 0.